The Hall–Kier alpha value is -4.42. The summed E-state index contributed by atoms with van der Waals surface area (Å²) in [5.74, 6) is 1.50. The van der Waals surface area contributed by atoms with Crippen LogP contribution in [-0.4, -0.2) is 108 Å². The number of halogens is 1. The summed E-state index contributed by atoms with van der Waals surface area (Å²) >= 11 is 8.13. The van der Waals surface area contributed by atoms with Crippen LogP contribution in [0.15, 0.2) is 48.0 Å². The zero-order valence-corrected chi connectivity index (χ0v) is 37.6. The Kier molecular flexibility index (Phi) is 15.8. The van der Waals surface area contributed by atoms with E-state index in [0.29, 0.717) is 88.4 Å². The van der Waals surface area contributed by atoms with Crippen LogP contribution in [0.1, 0.15) is 83.4 Å². The van der Waals surface area contributed by atoms with Crippen LogP contribution < -0.4 is 26.0 Å². The number of fused-ring (bicyclic) bond motifs is 1. The van der Waals surface area contributed by atoms with Crippen LogP contribution in [0, 0.1) is 5.92 Å². The van der Waals surface area contributed by atoms with Crippen LogP contribution in [0.5, 0.6) is 5.75 Å². The minimum atomic E-state index is -0.620. The minimum absolute atomic E-state index is 0.167. The third-order valence-corrected chi connectivity index (χ3v) is 13.6. The highest BCUT2D eigenvalue weighted by Gasteiger charge is 2.40. The zero-order chi connectivity index (χ0) is 43.5. The summed E-state index contributed by atoms with van der Waals surface area (Å²) in [5.41, 5.74) is 5.72. The predicted molar refractivity (Wildman–Crippen MR) is 241 cm³/mol. The van der Waals surface area contributed by atoms with Crippen molar-refractivity contribution in [1.29, 1.82) is 0 Å². The van der Waals surface area contributed by atoms with E-state index in [4.69, 9.17) is 35.5 Å². The molecule has 5 heterocycles. The molecule has 1 aromatic carbocycles. The summed E-state index contributed by atoms with van der Waals surface area (Å²) in [4.78, 5) is 44.4. The molecular weight excluding hydrogens is 844 g/mol. The molecule has 4 aromatic rings. The van der Waals surface area contributed by atoms with E-state index in [1.807, 2.05) is 59.7 Å². The Morgan fingerprint density at radius 2 is 1.59 bits per heavy atom. The van der Waals surface area contributed by atoms with Gasteiger partial charge in [-0.1, -0.05) is 23.7 Å². The van der Waals surface area contributed by atoms with Crippen molar-refractivity contribution in [2.75, 3.05) is 58.0 Å². The maximum Gasteiger partial charge on any atom is 0.256 e. The number of nitrogens with zero attached hydrogens (tertiary/aromatic N) is 4. The zero-order valence-electron chi connectivity index (χ0n) is 36.0. The Labute approximate surface area is 377 Å². The van der Waals surface area contributed by atoms with Crippen molar-refractivity contribution in [2.45, 2.75) is 95.6 Å². The molecule has 15 nitrogen and oxygen atoms in total. The molecule has 0 spiro atoms. The SMILES string of the molecule is Cn1ncc(-c2nc(NC3CCC(NCCOCCOCCOCCNCc4ccc(OCc5scc6c5CN([C@H]5CCC(=O)NC5=O)C6=O)cc4)CC3)ccc2Cl)c1CC1CC1. The van der Waals surface area contributed by atoms with Gasteiger partial charge < -0.3 is 39.8 Å². The predicted octanol–water partition coefficient (Wildman–Crippen LogP) is 5.64. The molecule has 8 rings (SSSR count). The topological polar surface area (TPSA) is 170 Å². The number of nitrogens with one attached hydrogen (secondary N) is 4. The molecule has 0 unspecified atom stereocenters. The summed E-state index contributed by atoms with van der Waals surface area (Å²) in [6.07, 6.45) is 10.5. The molecule has 338 valence electrons. The van der Waals surface area contributed by atoms with Gasteiger partial charge in [0.05, 0.1) is 62.1 Å². The number of thiophene rings is 1. The Morgan fingerprint density at radius 3 is 2.33 bits per heavy atom. The lowest BCUT2D eigenvalue weighted by molar-refractivity contribution is -0.136. The first-order valence-corrected chi connectivity index (χ1v) is 23.6. The Morgan fingerprint density at radius 1 is 0.857 bits per heavy atom. The quantitative estimate of drug-likeness (QED) is 0.0505. The van der Waals surface area contributed by atoms with Crippen LogP contribution in [-0.2, 0) is 57.0 Å². The van der Waals surface area contributed by atoms with E-state index in [0.717, 1.165) is 89.9 Å². The van der Waals surface area contributed by atoms with Crippen molar-refractivity contribution >= 4 is 46.5 Å². The maximum atomic E-state index is 13.0. The number of carbonyl (C=O) groups excluding carboxylic acids is 3. The van der Waals surface area contributed by atoms with E-state index in [2.05, 4.69) is 26.4 Å². The van der Waals surface area contributed by atoms with Gasteiger partial charge in [0.2, 0.25) is 11.8 Å². The second kappa shape index (κ2) is 22.0. The van der Waals surface area contributed by atoms with E-state index in [1.54, 1.807) is 4.90 Å². The summed E-state index contributed by atoms with van der Waals surface area (Å²) in [6.45, 7) is 6.34. The van der Waals surface area contributed by atoms with Gasteiger partial charge >= 0.3 is 0 Å². The second-order valence-electron chi connectivity index (χ2n) is 16.8. The average Bonchev–Trinajstić information content (AvgIpc) is 3.79. The lowest BCUT2D eigenvalue weighted by Gasteiger charge is -2.30. The largest absolute Gasteiger partial charge is 0.488 e. The molecule has 4 N–H and O–H groups in total. The molecular formula is C46H59ClN8O7S. The molecule has 17 heteroatoms. The number of hydrogen-bond donors (Lipinski definition) is 4. The number of pyridine rings is 1. The molecule has 0 bridgehead atoms. The number of aromatic nitrogens is 3. The lowest BCUT2D eigenvalue weighted by Crippen LogP contribution is -2.52. The van der Waals surface area contributed by atoms with Crippen LogP contribution in [0.25, 0.3) is 11.3 Å². The van der Waals surface area contributed by atoms with Crippen molar-refractivity contribution in [1.82, 2.24) is 35.6 Å². The van der Waals surface area contributed by atoms with Crippen molar-refractivity contribution < 1.29 is 33.3 Å². The van der Waals surface area contributed by atoms with Crippen LogP contribution >= 0.6 is 22.9 Å². The monoisotopic (exact) mass is 902 g/mol. The van der Waals surface area contributed by atoms with E-state index >= 15 is 0 Å². The lowest BCUT2D eigenvalue weighted by atomic mass is 9.91. The highest BCUT2D eigenvalue weighted by atomic mass is 35.5. The van der Waals surface area contributed by atoms with Gasteiger partial charge in [-0.3, -0.25) is 24.4 Å². The first-order chi connectivity index (χ1) is 30.8. The smallest absolute Gasteiger partial charge is 0.256 e. The molecule has 2 aliphatic carbocycles. The molecule has 3 aromatic heterocycles. The molecule has 2 saturated carbocycles. The van der Waals surface area contributed by atoms with Crippen LogP contribution in [0.2, 0.25) is 5.02 Å². The number of rotatable bonds is 24. The first kappa shape index (κ1) is 45.2. The van der Waals surface area contributed by atoms with E-state index in [1.165, 1.54) is 29.9 Å². The third-order valence-electron chi connectivity index (χ3n) is 12.3. The van der Waals surface area contributed by atoms with Gasteiger partial charge in [0.1, 0.15) is 24.2 Å². The number of hydrogen-bond acceptors (Lipinski definition) is 13. The Balaban J connectivity index is 0.610. The number of anilines is 1. The number of ether oxygens (including phenoxy) is 4. The summed E-state index contributed by atoms with van der Waals surface area (Å²) in [5, 5.41) is 20.1. The standard InChI is InChI=1S/C46H59ClN8O7S/c1-54-40(24-30-2-3-30)35(26-50-54)44-38(47)12-14-42(52-44)51-33-8-6-32(7-9-33)49-17-19-60-21-23-61-22-20-59-18-16-48-25-31-4-10-34(11-5-31)62-28-41-36-27-55(46(58)37(36)29-63-41)39-13-15-43(56)53-45(39)57/h4-5,10-12,14,26,29-30,32-33,39,48-49H,2-3,6-9,13,15-25,27-28H2,1H3,(H,51,52)(H,53,56,57)/t32?,33?,39-/m0/s1. The highest BCUT2D eigenvalue weighted by molar-refractivity contribution is 7.10. The van der Waals surface area contributed by atoms with Crippen molar-refractivity contribution in [3.05, 3.63) is 80.3 Å². The number of aryl methyl sites for hydroxylation is 1. The molecule has 1 saturated heterocycles. The maximum absolute atomic E-state index is 13.0. The van der Waals surface area contributed by atoms with E-state index in [9.17, 15) is 14.4 Å². The van der Waals surface area contributed by atoms with E-state index in [-0.39, 0.29) is 18.2 Å². The number of piperidine rings is 1. The van der Waals surface area contributed by atoms with Gasteiger partial charge in [-0.25, -0.2) is 4.98 Å². The van der Waals surface area contributed by atoms with Gasteiger partial charge in [0, 0.05) is 78.8 Å². The van der Waals surface area contributed by atoms with Gasteiger partial charge in [-0.15, -0.1) is 11.3 Å². The number of amides is 3. The van der Waals surface area contributed by atoms with Crippen molar-refractivity contribution in [3.8, 4) is 17.0 Å². The van der Waals surface area contributed by atoms with E-state index < -0.39 is 11.9 Å². The Bertz CT molecular complexity index is 2170. The fourth-order valence-corrected chi connectivity index (χ4v) is 9.65. The fraction of sp³-hybridized carbons (Fsp3) is 0.543. The van der Waals surface area contributed by atoms with Gasteiger partial charge in [-0.05, 0) is 87.1 Å². The summed E-state index contributed by atoms with van der Waals surface area (Å²) < 4.78 is 25.2. The summed E-state index contributed by atoms with van der Waals surface area (Å²) in [6, 6.07) is 12.1. The first-order valence-electron chi connectivity index (χ1n) is 22.4. The van der Waals surface area contributed by atoms with Gasteiger partial charge in [-0.2, -0.15) is 5.10 Å². The molecule has 63 heavy (non-hydrogen) atoms. The molecule has 1 atom stereocenters. The average molecular weight is 904 g/mol. The normalized spacial score (nSPS) is 20.0. The number of imide groups is 1. The third kappa shape index (κ3) is 12.2. The van der Waals surface area contributed by atoms with Crippen molar-refractivity contribution in [3.63, 3.8) is 0 Å². The van der Waals surface area contributed by atoms with Crippen molar-refractivity contribution in [2.24, 2.45) is 13.0 Å². The molecule has 4 aliphatic rings. The molecule has 0 radical (unpaired) electrons. The van der Waals surface area contributed by atoms with Gasteiger partial charge in [0.25, 0.3) is 5.91 Å². The molecule has 3 fully saturated rings. The number of carbonyl (C=O) groups is 3. The molecule has 2 aliphatic heterocycles. The molecule has 3 amide bonds. The minimum Gasteiger partial charge on any atom is -0.488 e. The van der Waals surface area contributed by atoms with Gasteiger partial charge in [0.15, 0.2) is 0 Å². The highest BCUT2D eigenvalue weighted by Crippen LogP contribution is 2.38. The van der Waals surface area contributed by atoms with Crippen LogP contribution in [0.3, 0.4) is 0 Å². The summed E-state index contributed by atoms with van der Waals surface area (Å²) in [7, 11) is 2.00. The van der Waals surface area contributed by atoms with Crippen LogP contribution in [0.4, 0.5) is 5.82 Å². The fourth-order valence-electron chi connectivity index (χ4n) is 8.49. The second-order valence-corrected chi connectivity index (χ2v) is 18.2. The number of benzene rings is 1.